The molecule has 0 amide bonds. The lowest BCUT2D eigenvalue weighted by atomic mass is 10.1. The molecule has 0 saturated carbocycles. The number of allylic oxidation sites excluding steroid dienone is 4. The molecule has 3 N–H and O–H groups in total. The van der Waals surface area contributed by atoms with E-state index >= 15 is 0 Å². The molecule has 0 spiro atoms. The lowest BCUT2D eigenvalue weighted by molar-refractivity contribution is 0.146. The molecule has 5 nitrogen and oxygen atoms in total. The number of anilines is 1. The Bertz CT molecular complexity index is 810. The first kappa shape index (κ1) is 19.5. The fraction of sp³-hybridized carbons (Fsp3) is 0.286. The van der Waals surface area contributed by atoms with Crippen LogP contribution in [0.4, 0.5) is 5.69 Å². The zero-order valence-corrected chi connectivity index (χ0v) is 15.7. The van der Waals surface area contributed by atoms with E-state index < -0.39 is 0 Å². The van der Waals surface area contributed by atoms with Gasteiger partial charge in [-0.25, -0.2) is 0 Å². The molecule has 0 atom stereocenters. The van der Waals surface area contributed by atoms with Crippen molar-refractivity contribution in [3.05, 3.63) is 66.2 Å². The molecule has 1 aromatic heterocycles. The van der Waals surface area contributed by atoms with Crippen molar-refractivity contribution >= 4 is 16.6 Å². The van der Waals surface area contributed by atoms with E-state index in [1.165, 1.54) is 0 Å². The normalized spacial score (nSPS) is 12.7. The molecule has 138 valence electrons. The number of ether oxygens (including phenoxy) is 2. The summed E-state index contributed by atoms with van der Waals surface area (Å²) in [6, 6.07) is 7.86. The number of nitrogens with two attached hydrogens (primary N) is 1. The number of hydrogen-bond donors (Lipinski definition) is 2. The molecule has 0 radical (unpaired) electrons. The summed E-state index contributed by atoms with van der Waals surface area (Å²) in [6.45, 7) is 5.09. The van der Waals surface area contributed by atoms with E-state index in [0.717, 1.165) is 40.2 Å². The van der Waals surface area contributed by atoms with Crippen LogP contribution in [0.15, 0.2) is 66.2 Å². The molecule has 0 unspecified atom stereocenters. The molecule has 26 heavy (non-hydrogen) atoms. The first-order valence-electron chi connectivity index (χ1n) is 8.75. The van der Waals surface area contributed by atoms with E-state index in [1.807, 2.05) is 49.4 Å². The molecule has 2 rings (SSSR count). The van der Waals surface area contributed by atoms with Crippen LogP contribution in [0.25, 0.3) is 10.9 Å². The van der Waals surface area contributed by atoms with Crippen molar-refractivity contribution < 1.29 is 9.47 Å². The monoisotopic (exact) mass is 353 g/mol. The van der Waals surface area contributed by atoms with Crippen LogP contribution in [-0.4, -0.2) is 25.3 Å². The van der Waals surface area contributed by atoms with E-state index in [4.69, 9.17) is 15.2 Å². The van der Waals surface area contributed by atoms with Crippen molar-refractivity contribution in [3.63, 3.8) is 0 Å². The largest absolute Gasteiger partial charge is 0.491 e. The lowest BCUT2D eigenvalue weighted by Crippen LogP contribution is -2.04. The summed E-state index contributed by atoms with van der Waals surface area (Å²) >= 11 is 0. The maximum Gasteiger partial charge on any atom is 0.121 e. The number of hydrogen-bond acceptors (Lipinski definition) is 5. The van der Waals surface area contributed by atoms with Gasteiger partial charge in [0.15, 0.2) is 0 Å². The van der Waals surface area contributed by atoms with Gasteiger partial charge < -0.3 is 20.5 Å². The van der Waals surface area contributed by atoms with Gasteiger partial charge in [0.05, 0.1) is 12.1 Å². The average molecular weight is 353 g/mol. The first-order valence-corrected chi connectivity index (χ1v) is 8.75. The molecule has 5 heteroatoms. The third-order valence-electron chi connectivity index (χ3n) is 3.76. The smallest absolute Gasteiger partial charge is 0.121 e. The van der Waals surface area contributed by atoms with Crippen molar-refractivity contribution in [1.29, 1.82) is 0 Å². The predicted molar refractivity (Wildman–Crippen MR) is 108 cm³/mol. The third kappa shape index (κ3) is 5.63. The second-order valence-corrected chi connectivity index (χ2v) is 5.69. The van der Waals surface area contributed by atoms with E-state index in [0.29, 0.717) is 13.2 Å². The second kappa shape index (κ2) is 10.3. The Morgan fingerprint density at radius 1 is 1.23 bits per heavy atom. The van der Waals surface area contributed by atoms with E-state index in [2.05, 4.69) is 23.3 Å². The van der Waals surface area contributed by atoms with Crippen LogP contribution in [-0.2, 0) is 4.74 Å². The molecule has 0 aliphatic rings. The van der Waals surface area contributed by atoms with Crippen LogP contribution in [0, 0.1) is 0 Å². The Labute approximate surface area is 155 Å². The first-order chi connectivity index (χ1) is 12.7. The molecular formula is C21H27N3O2. The summed E-state index contributed by atoms with van der Waals surface area (Å²) in [5.74, 6) is 0.782. The summed E-state index contributed by atoms with van der Waals surface area (Å²) in [5.41, 5.74) is 9.43. The minimum Gasteiger partial charge on any atom is -0.491 e. The van der Waals surface area contributed by atoms with Crippen molar-refractivity contribution in [3.8, 4) is 5.75 Å². The Balaban J connectivity index is 2.25. The molecule has 2 aromatic rings. The fourth-order valence-corrected chi connectivity index (χ4v) is 2.39. The topological polar surface area (TPSA) is 69.4 Å². The van der Waals surface area contributed by atoms with Gasteiger partial charge in [-0.1, -0.05) is 19.1 Å². The van der Waals surface area contributed by atoms with E-state index in [-0.39, 0.29) is 0 Å². The highest BCUT2D eigenvalue weighted by Gasteiger charge is 2.05. The van der Waals surface area contributed by atoms with Crippen LogP contribution in [0.1, 0.15) is 20.3 Å². The average Bonchev–Trinajstić information content (AvgIpc) is 2.66. The number of aromatic nitrogens is 1. The highest BCUT2D eigenvalue weighted by atomic mass is 16.5. The van der Waals surface area contributed by atoms with Gasteiger partial charge in [-0.05, 0) is 43.7 Å². The van der Waals surface area contributed by atoms with Gasteiger partial charge in [-0.2, -0.15) is 0 Å². The predicted octanol–water partition coefficient (Wildman–Crippen LogP) is 4.38. The number of benzene rings is 1. The number of rotatable bonds is 9. The quantitative estimate of drug-likeness (QED) is 0.517. The summed E-state index contributed by atoms with van der Waals surface area (Å²) in [7, 11) is 1.66. The molecule has 1 heterocycles. The molecule has 0 bridgehead atoms. The van der Waals surface area contributed by atoms with E-state index in [9.17, 15) is 0 Å². The zero-order valence-electron chi connectivity index (χ0n) is 15.7. The standard InChI is InChI=1S/C21H27N3O2/c1-4-6-17(8-7-16(22)5-2)24-20-11-12-23-21-15-18(9-10-19(20)21)26-14-13-25-3/h5-12,15H,4,13-14,22H2,1-3H3,(H,23,24)/b8-7-,16-5+,17-6-. The number of fused-ring (bicyclic) bond motifs is 1. The van der Waals surface area contributed by atoms with Gasteiger partial charge in [0.1, 0.15) is 12.4 Å². The Morgan fingerprint density at radius 2 is 2.08 bits per heavy atom. The Morgan fingerprint density at radius 3 is 2.81 bits per heavy atom. The van der Waals surface area contributed by atoms with Gasteiger partial charge in [-0.3, -0.25) is 4.98 Å². The number of nitrogens with zero attached hydrogens (tertiary/aromatic N) is 1. The molecule has 0 aliphatic carbocycles. The van der Waals surface area contributed by atoms with Crippen LogP contribution < -0.4 is 15.8 Å². The summed E-state index contributed by atoms with van der Waals surface area (Å²) in [6.07, 6.45) is 10.6. The van der Waals surface area contributed by atoms with Crippen LogP contribution >= 0.6 is 0 Å². The number of nitrogens with one attached hydrogen (secondary N) is 1. The molecular weight excluding hydrogens is 326 g/mol. The maximum atomic E-state index is 5.85. The SMILES string of the molecule is C\C=C(N)/C=C\C(=C\CC)Nc1ccnc2cc(OCCOC)ccc12. The van der Waals surface area contributed by atoms with Crippen LogP contribution in [0.5, 0.6) is 5.75 Å². The van der Waals surface area contributed by atoms with Crippen molar-refractivity contribution in [2.75, 3.05) is 25.6 Å². The Hall–Kier alpha value is -2.79. The lowest BCUT2D eigenvalue weighted by Gasteiger charge is -2.12. The van der Waals surface area contributed by atoms with Gasteiger partial charge >= 0.3 is 0 Å². The summed E-state index contributed by atoms with van der Waals surface area (Å²) < 4.78 is 10.7. The molecule has 0 saturated heterocycles. The van der Waals surface area contributed by atoms with Gasteiger partial charge in [0, 0.05) is 41.8 Å². The zero-order chi connectivity index (χ0) is 18.8. The number of pyridine rings is 1. The second-order valence-electron chi connectivity index (χ2n) is 5.69. The highest BCUT2D eigenvalue weighted by molar-refractivity contribution is 5.92. The Kier molecular flexibility index (Phi) is 7.71. The summed E-state index contributed by atoms with van der Waals surface area (Å²) in [5, 5.41) is 4.49. The van der Waals surface area contributed by atoms with E-state index in [1.54, 1.807) is 13.3 Å². The number of methoxy groups -OCH3 is 1. The van der Waals surface area contributed by atoms with Crippen molar-refractivity contribution in [1.82, 2.24) is 4.98 Å². The van der Waals surface area contributed by atoms with Crippen molar-refractivity contribution in [2.24, 2.45) is 5.73 Å². The third-order valence-corrected chi connectivity index (χ3v) is 3.76. The van der Waals surface area contributed by atoms with Crippen molar-refractivity contribution in [2.45, 2.75) is 20.3 Å². The highest BCUT2D eigenvalue weighted by Crippen LogP contribution is 2.26. The maximum absolute atomic E-state index is 5.85. The van der Waals surface area contributed by atoms with Gasteiger partial charge in [-0.15, -0.1) is 0 Å². The summed E-state index contributed by atoms with van der Waals surface area (Å²) in [4.78, 5) is 4.45. The minimum absolute atomic E-state index is 0.514. The molecule has 1 aromatic carbocycles. The minimum atomic E-state index is 0.514. The van der Waals surface area contributed by atoms with Gasteiger partial charge in [0.2, 0.25) is 0 Å². The van der Waals surface area contributed by atoms with Crippen LogP contribution in [0.2, 0.25) is 0 Å². The van der Waals surface area contributed by atoms with Crippen LogP contribution in [0.3, 0.4) is 0 Å². The molecule has 0 aliphatic heterocycles. The fourth-order valence-electron chi connectivity index (χ4n) is 2.39. The van der Waals surface area contributed by atoms with Gasteiger partial charge in [0.25, 0.3) is 0 Å². The molecule has 0 fully saturated rings.